The van der Waals surface area contributed by atoms with Crippen molar-refractivity contribution < 1.29 is 17.9 Å². The standard InChI is InChI=1S/C17H23N3O5S/c1-5-25-15(21)12-19(26(23,24)6-2)16-13(3)18(4)20(17(16)22)14-10-8-7-9-11-14/h7-11H,5-6,12H2,1-4H3. The Morgan fingerprint density at radius 1 is 1.19 bits per heavy atom. The summed E-state index contributed by atoms with van der Waals surface area (Å²) < 4.78 is 33.8. The fourth-order valence-corrected chi connectivity index (χ4v) is 3.74. The number of carbonyl (C=O) groups is 1. The summed E-state index contributed by atoms with van der Waals surface area (Å²) >= 11 is 0. The molecule has 142 valence electrons. The molecule has 0 bridgehead atoms. The normalized spacial score (nSPS) is 11.4. The quantitative estimate of drug-likeness (QED) is 0.672. The Morgan fingerprint density at radius 3 is 2.35 bits per heavy atom. The lowest BCUT2D eigenvalue weighted by Crippen LogP contribution is -2.40. The molecule has 1 aromatic heterocycles. The molecular weight excluding hydrogens is 358 g/mol. The van der Waals surface area contributed by atoms with E-state index in [1.54, 1.807) is 49.8 Å². The van der Waals surface area contributed by atoms with Crippen LogP contribution in [-0.2, 0) is 26.6 Å². The number of sulfonamides is 1. The van der Waals surface area contributed by atoms with Crippen molar-refractivity contribution in [3.63, 3.8) is 0 Å². The maximum absolute atomic E-state index is 13.0. The van der Waals surface area contributed by atoms with E-state index in [2.05, 4.69) is 0 Å². The molecule has 0 atom stereocenters. The van der Waals surface area contributed by atoms with Crippen LogP contribution in [0.1, 0.15) is 19.5 Å². The highest BCUT2D eigenvalue weighted by molar-refractivity contribution is 7.92. The molecule has 0 saturated carbocycles. The van der Waals surface area contributed by atoms with Gasteiger partial charge in [0.2, 0.25) is 10.0 Å². The van der Waals surface area contributed by atoms with Crippen LogP contribution in [0.4, 0.5) is 5.69 Å². The Morgan fingerprint density at radius 2 is 1.81 bits per heavy atom. The second kappa shape index (κ2) is 7.77. The molecule has 0 amide bonds. The van der Waals surface area contributed by atoms with Gasteiger partial charge in [0, 0.05) is 7.05 Å². The number of benzene rings is 1. The number of aromatic nitrogens is 2. The van der Waals surface area contributed by atoms with Crippen molar-refractivity contribution in [2.24, 2.45) is 7.05 Å². The second-order valence-corrected chi connectivity index (χ2v) is 7.80. The molecule has 26 heavy (non-hydrogen) atoms. The predicted octanol–water partition coefficient (Wildman–Crippen LogP) is 1.20. The van der Waals surface area contributed by atoms with Crippen LogP contribution in [0.15, 0.2) is 35.1 Å². The van der Waals surface area contributed by atoms with Gasteiger partial charge in [0.1, 0.15) is 12.2 Å². The monoisotopic (exact) mass is 381 g/mol. The Hall–Kier alpha value is -2.55. The van der Waals surface area contributed by atoms with E-state index in [1.807, 2.05) is 6.07 Å². The van der Waals surface area contributed by atoms with Gasteiger partial charge < -0.3 is 4.74 Å². The van der Waals surface area contributed by atoms with Crippen LogP contribution in [0.3, 0.4) is 0 Å². The molecule has 8 nitrogen and oxygen atoms in total. The van der Waals surface area contributed by atoms with Gasteiger partial charge in [-0.2, -0.15) is 0 Å². The van der Waals surface area contributed by atoms with E-state index in [4.69, 9.17) is 4.74 Å². The van der Waals surface area contributed by atoms with Gasteiger partial charge in [-0.25, -0.2) is 13.1 Å². The van der Waals surface area contributed by atoms with E-state index in [-0.39, 0.29) is 18.0 Å². The van der Waals surface area contributed by atoms with E-state index < -0.39 is 28.1 Å². The third kappa shape index (κ3) is 3.67. The Kier molecular flexibility index (Phi) is 5.91. The van der Waals surface area contributed by atoms with Gasteiger partial charge in [-0.1, -0.05) is 18.2 Å². The van der Waals surface area contributed by atoms with Crippen LogP contribution >= 0.6 is 0 Å². The number of hydrogen-bond donors (Lipinski definition) is 0. The number of ether oxygens (including phenoxy) is 1. The van der Waals surface area contributed by atoms with Gasteiger partial charge in [0.25, 0.3) is 5.56 Å². The smallest absolute Gasteiger partial charge is 0.326 e. The van der Waals surface area contributed by atoms with Gasteiger partial charge in [-0.3, -0.25) is 18.6 Å². The first kappa shape index (κ1) is 19.8. The van der Waals surface area contributed by atoms with Crippen molar-refractivity contribution in [1.82, 2.24) is 9.36 Å². The van der Waals surface area contributed by atoms with E-state index >= 15 is 0 Å². The molecule has 0 aliphatic rings. The van der Waals surface area contributed by atoms with Crippen molar-refractivity contribution in [2.75, 3.05) is 23.2 Å². The minimum absolute atomic E-state index is 0.0498. The highest BCUT2D eigenvalue weighted by Gasteiger charge is 2.31. The minimum atomic E-state index is -3.85. The van der Waals surface area contributed by atoms with Crippen LogP contribution in [-0.4, -0.2) is 42.7 Å². The summed E-state index contributed by atoms with van der Waals surface area (Å²) in [5, 5.41) is 0. The number of para-hydroxylation sites is 1. The third-order valence-corrected chi connectivity index (χ3v) is 5.76. The zero-order chi connectivity index (χ0) is 19.5. The lowest BCUT2D eigenvalue weighted by Gasteiger charge is -2.21. The fraction of sp³-hybridized carbons (Fsp3) is 0.412. The highest BCUT2D eigenvalue weighted by atomic mass is 32.2. The van der Waals surface area contributed by atoms with Crippen LogP contribution < -0.4 is 9.86 Å². The topological polar surface area (TPSA) is 90.6 Å². The number of hydrogen-bond acceptors (Lipinski definition) is 5. The molecule has 0 N–H and O–H groups in total. The summed E-state index contributed by atoms with van der Waals surface area (Å²) in [6.07, 6.45) is 0. The van der Waals surface area contributed by atoms with Crippen molar-refractivity contribution >= 4 is 21.7 Å². The first-order chi connectivity index (χ1) is 12.2. The molecular formula is C17H23N3O5S. The van der Waals surface area contributed by atoms with E-state index in [1.165, 1.54) is 11.6 Å². The molecule has 0 aliphatic heterocycles. The molecule has 0 radical (unpaired) electrons. The summed E-state index contributed by atoms with van der Waals surface area (Å²) in [5.74, 6) is -0.954. The molecule has 0 fully saturated rings. The summed E-state index contributed by atoms with van der Waals surface area (Å²) in [5.41, 5.74) is 0.461. The molecule has 0 aliphatic carbocycles. The summed E-state index contributed by atoms with van der Waals surface area (Å²) in [6.45, 7) is 4.31. The highest BCUT2D eigenvalue weighted by Crippen LogP contribution is 2.21. The lowest BCUT2D eigenvalue weighted by molar-refractivity contribution is -0.141. The first-order valence-electron chi connectivity index (χ1n) is 8.24. The van der Waals surface area contributed by atoms with Gasteiger partial charge in [-0.05, 0) is 32.9 Å². The Bertz CT molecular complexity index is 945. The van der Waals surface area contributed by atoms with Crippen molar-refractivity contribution in [2.45, 2.75) is 20.8 Å². The number of nitrogens with zero attached hydrogens (tertiary/aromatic N) is 3. The zero-order valence-corrected chi connectivity index (χ0v) is 16.1. The molecule has 0 unspecified atom stereocenters. The molecule has 2 aromatic rings. The predicted molar refractivity (Wildman–Crippen MR) is 99.2 cm³/mol. The average Bonchev–Trinajstić information content (AvgIpc) is 2.83. The summed E-state index contributed by atoms with van der Waals surface area (Å²) in [4.78, 5) is 25.0. The van der Waals surface area contributed by atoms with Gasteiger partial charge in [0.05, 0.1) is 23.7 Å². The van der Waals surface area contributed by atoms with Gasteiger partial charge >= 0.3 is 5.97 Å². The summed E-state index contributed by atoms with van der Waals surface area (Å²) in [6, 6.07) is 8.87. The van der Waals surface area contributed by atoms with Gasteiger partial charge in [0.15, 0.2) is 0 Å². The van der Waals surface area contributed by atoms with Crippen LogP contribution in [0.2, 0.25) is 0 Å². The molecule has 0 saturated heterocycles. The number of carbonyl (C=O) groups excluding carboxylic acids is 1. The number of anilines is 1. The average molecular weight is 381 g/mol. The van der Waals surface area contributed by atoms with E-state index in [0.717, 1.165) is 4.31 Å². The Labute approximate surface area is 152 Å². The van der Waals surface area contributed by atoms with E-state index in [9.17, 15) is 18.0 Å². The largest absolute Gasteiger partial charge is 0.465 e. The molecule has 1 aromatic carbocycles. The number of rotatable bonds is 7. The third-order valence-electron chi connectivity index (χ3n) is 4.05. The van der Waals surface area contributed by atoms with Gasteiger partial charge in [-0.15, -0.1) is 0 Å². The molecule has 9 heteroatoms. The maximum Gasteiger partial charge on any atom is 0.326 e. The van der Waals surface area contributed by atoms with E-state index in [0.29, 0.717) is 11.4 Å². The molecule has 0 spiro atoms. The Balaban J connectivity index is 2.66. The second-order valence-electron chi connectivity index (χ2n) is 5.62. The van der Waals surface area contributed by atoms with Crippen molar-refractivity contribution in [1.29, 1.82) is 0 Å². The molecule has 1 heterocycles. The lowest BCUT2D eigenvalue weighted by atomic mass is 10.3. The SMILES string of the molecule is CCOC(=O)CN(c1c(C)n(C)n(-c2ccccc2)c1=O)S(=O)(=O)CC. The van der Waals surface area contributed by atoms with Crippen LogP contribution in [0, 0.1) is 6.92 Å². The number of esters is 1. The van der Waals surface area contributed by atoms with Crippen molar-refractivity contribution in [3.05, 3.63) is 46.4 Å². The fourth-order valence-electron chi connectivity index (χ4n) is 2.64. The van der Waals surface area contributed by atoms with Crippen molar-refractivity contribution in [3.8, 4) is 5.69 Å². The minimum Gasteiger partial charge on any atom is -0.465 e. The molecule has 2 rings (SSSR count). The maximum atomic E-state index is 13.0. The van der Waals surface area contributed by atoms with Crippen LogP contribution in [0.25, 0.3) is 5.69 Å². The summed E-state index contributed by atoms with van der Waals surface area (Å²) in [7, 11) is -2.19. The zero-order valence-electron chi connectivity index (χ0n) is 15.3. The van der Waals surface area contributed by atoms with Crippen LogP contribution in [0.5, 0.6) is 0 Å². The first-order valence-corrected chi connectivity index (χ1v) is 9.85.